The van der Waals surface area contributed by atoms with Gasteiger partial charge >= 0.3 is 0 Å². The molecule has 2 aromatic rings. The van der Waals surface area contributed by atoms with Crippen molar-refractivity contribution in [2.24, 2.45) is 5.92 Å². The summed E-state index contributed by atoms with van der Waals surface area (Å²) < 4.78 is 5.75. The number of terminal acetylenes is 1. The van der Waals surface area contributed by atoms with Gasteiger partial charge in [0, 0.05) is 11.6 Å². The Balaban J connectivity index is 1.54. The number of carbonyl (C=O) groups is 1. The van der Waals surface area contributed by atoms with Crippen LogP contribution in [0.4, 0.5) is 5.69 Å². The predicted octanol–water partition coefficient (Wildman–Crippen LogP) is 4.42. The van der Waals surface area contributed by atoms with Gasteiger partial charge in [-0.1, -0.05) is 29.7 Å². The molecular weight excluding hydrogens is 348 g/mol. The molecule has 0 saturated carbocycles. The molecular formula is C21H21ClN2O2. The van der Waals surface area contributed by atoms with Crippen LogP contribution in [0.1, 0.15) is 12.8 Å². The van der Waals surface area contributed by atoms with E-state index in [0.29, 0.717) is 23.1 Å². The number of rotatable bonds is 5. The maximum absolute atomic E-state index is 12.4. The number of nitrogens with zero attached hydrogens (tertiary/aromatic N) is 1. The topological polar surface area (TPSA) is 41.6 Å². The van der Waals surface area contributed by atoms with Crippen molar-refractivity contribution < 1.29 is 9.53 Å². The number of carbonyl (C=O) groups excluding carboxylic acids is 1. The van der Waals surface area contributed by atoms with Gasteiger partial charge in [-0.05, 0) is 62.3 Å². The lowest BCUT2D eigenvalue weighted by atomic mass is 9.96. The Hall–Kier alpha value is -2.48. The first kappa shape index (κ1) is 18.3. The zero-order chi connectivity index (χ0) is 18.4. The first-order valence-electron chi connectivity index (χ1n) is 8.65. The fraction of sp³-hybridized carbons (Fsp3) is 0.286. The molecule has 0 radical (unpaired) electrons. The standard InChI is InChI=1S/C21H21ClN2O2/c1-2-13-24-14-11-16(12-15-24)21(25)23-17-7-9-18(10-8-17)26-20-6-4-3-5-19(20)22/h1,3-10,16H,11-15H2,(H,23,25). The van der Waals surface area contributed by atoms with E-state index in [1.807, 2.05) is 42.5 Å². The fourth-order valence-electron chi connectivity index (χ4n) is 2.99. The fourth-order valence-corrected chi connectivity index (χ4v) is 3.16. The van der Waals surface area contributed by atoms with Gasteiger partial charge in [0.25, 0.3) is 0 Å². The molecule has 0 unspecified atom stereocenters. The van der Waals surface area contributed by atoms with Crippen LogP contribution >= 0.6 is 11.6 Å². The predicted molar refractivity (Wildman–Crippen MR) is 105 cm³/mol. The summed E-state index contributed by atoms with van der Waals surface area (Å²) in [5.74, 6) is 4.01. The maximum Gasteiger partial charge on any atom is 0.227 e. The number of halogens is 1. The highest BCUT2D eigenvalue weighted by atomic mass is 35.5. The Bertz CT molecular complexity index is 790. The van der Waals surface area contributed by atoms with Crippen LogP contribution < -0.4 is 10.1 Å². The molecule has 5 heteroatoms. The van der Waals surface area contributed by atoms with E-state index in [-0.39, 0.29) is 11.8 Å². The summed E-state index contributed by atoms with van der Waals surface area (Å²) in [5.41, 5.74) is 0.757. The van der Waals surface area contributed by atoms with E-state index in [1.165, 1.54) is 0 Å². The molecule has 4 nitrogen and oxygen atoms in total. The van der Waals surface area contributed by atoms with Crippen LogP contribution in [-0.2, 0) is 4.79 Å². The zero-order valence-electron chi connectivity index (χ0n) is 14.5. The van der Waals surface area contributed by atoms with Gasteiger partial charge in [-0.2, -0.15) is 0 Å². The third kappa shape index (κ3) is 4.78. The second-order valence-corrected chi connectivity index (χ2v) is 6.71. The van der Waals surface area contributed by atoms with Crippen LogP contribution in [0, 0.1) is 18.3 Å². The molecule has 1 heterocycles. The van der Waals surface area contributed by atoms with Crippen LogP contribution in [-0.4, -0.2) is 30.4 Å². The summed E-state index contributed by atoms with van der Waals surface area (Å²) >= 11 is 6.09. The molecule has 1 amide bonds. The van der Waals surface area contributed by atoms with Crippen LogP contribution in [0.15, 0.2) is 48.5 Å². The summed E-state index contributed by atoms with van der Waals surface area (Å²) in [7, 11) is 0. The summed E-state index contributed by atoms with van der Waals surface area (Å²) in [6.45, 7) is 2.39. The molecule has 0 aliphatic carbocycles. The molecule has 0 aromatic heterocycles. The summed E-state index contributed by atoms with van der Waals surface area (Å²) in [6.07, 6.45) is 7.01. The highest BCUT2D eigenvalue weighted by molar-refractivity contribution is 6.32. The quantitative estimate of drug-likeness (QED) is 0.794. The van der Waals surface area contributed by atoms with Crippen LogP contribution in [0.25, 0.3) is 0 Å². The van der Waals surface area contributed by atoms with Gasteiger partial charge in [-0.3, -0.25) is 9.69 Å². The van der Waals surface area contributed by atoms with Gasteiger partial charge in [0.15, 0.2) is 0 Å². The normalized spacial score (nSPS) is 15.2. The van der Waals surface area contributed by atoms with E-state index in [9.17, 15) is 4.79 Å². The van der Waals surface area contributed by atoms with E-state index in [2.05, 4.69) is 16.1 Å². The lowest BCUT2D eigenvalue weighted by Gasteiger charge is -2.29. The van der Waals surface area contributed by atoms with Crippen molar-refractivity contribution in [3.63, 3.8) is 0 Å². The minimum atomic E-state index is 0.0306. The molecule has 0 bridgehead atoms. The highest BCUT2D eigenvalue weighted by Gasteiger charge is 2.24. The number of anilines is 1. The Morgan fingerprint density at radius 1 is 1.19 bits per heavy atom. The molecule has 1 aliphatic heterocycles. The number of likely N-dealkylation sites (tertiary alicyclic amines) is 1. The third-order valence-electron chi connectivity index (χ3n) is 4.46. The molecule has 134 valence electrons. The second kappa shape index (κ2) is 8.75. The number of nitrogens with one attached hydrogen (secondary N) is 1. The van der Waals surface area contributed by atoms with Gasteiger partial charge in [-0.25, -0.2) is 0 Å². The van der Waals surface area contributed by atoms with Crippen molar-refractivity contribution in [1.82, 2.24) is 4.90 Å². The highest BCUT2D eigenvalue weighted by Crippen LogP contribution is 2.29. The second-order valence-electron chi connectivity index (χ2n) is 6.30. The van der Waals surface area contributed by atoms with Crippen molar-refractivity contribution in [3.05, 3.63) is 53.6 Å². The molecule has 1 N–H and O–H groups in total. The number of ether oxygens (including phenoxy) is 1. The van der Waals surface area contributed by atoms with Crippen molar-refractivity contribution in [2.75, 3.05) is 25.0 Å². The van der Waals surface area contributed by atoms with Gasteiger partial charge < -0.3 is 10.1 Å². The van der Waals surface area contributed by atoms with E-state index in [1.54, 1.807) is 6.07 Å². The Morgan fingerprint density at radius 3 is 2.54 bits per heavy atom. The first-order chi connectivity index (χ1) is 12.7. The van der Waals surface area contributed by atoms with Gasteiger partial charge in [0.1, 0.15) is 11.5 Å². The Labute approximate surface area is 159 Å². The molecule has 1 aliphatic rings. The number of benzene rings is 2. The molecule has 1 saturated heterocycles. The molecule has 0 spiro atoms. The Kier molecular flexibility index (Phi) is 6.17. The SMILES string of the molecule is C#CCN1CCC(C(=O)Nc2ccc(Oc3ccccc3Cl)cc2)CC1. The number of piperidine rings is 1. The van der Waals surface area contributed by atoms with Gasteiger partial charge in [0.05, 0.1) is 11.6 Å². The minimum Gasteiger partial charge on any atom is -0.456 e. The van der Waals surface area contributed by atoms with Gasteiger partial charge in [-0.15, -0.1) is 6.42 Å². The average molecular weight is 369 g/mol. The van der Waals surface area contributed by atoms with Crippen LogP contribution in [0.3, 0.4) is 0 Å². The summed E-state index contributed by atoms with van der Waals surface area (Å²) in [5, 5.41) is 3.54. The van der Waals surface area contributed by atoms with Gasteiger partial charge in [0.2, 0.25) is 5.91 Å². The van der Waals surface area contributed by atoms with E-state index in [4.69, 9.17) is 22.8 Å². The summed E-state index contributed by atoms with van der Waals surface area (Å²) in [4.78, 5) is 14.6. The monoisotopic (exact) mass is 368 g/mol. The largest absolute Gasteiger partial charge is 0.456 e. The average Bonchev–Trinajstić information content (AvgIpc) is 2.66. The molecule has 0 atom stereocenters. The number of hydrogen-bond donors (Lipinski definition) is 1. The number of hydrogen-bond acceptors (Lipinski definition) is 3. The van der Waals surface area contributed by atoms with Crippen molar-refractivity contribution >= 4 is 23.2 Å². The van der Waals surface area contributed by atoms with Crippen LogP contribution in [0.5, 0.6) is 11.5 Å². The van der Waals surface area contributed by atoms with E-state index < -0.39 is 0 Å². The zero-order valence-corrected chi connectivity index (χ0v) is 15.2. The molecule has 26 heavy (non-hydrogen) atoms. The number of para-hydroxylation sites is 1. The molecule has 1 fully saturated rings. The van der Waals surface area contributed by atoms with E-state index >= 15 is 0 Å². The lowest BCUT2D eigenvalue weighted by molar-refractivity contribution is -0.121. The first-order valence-corrected chi connectivity index (χ1v) is 9.02. The van der Waals surface area contributed by atoms with Crippen molar-refractivity contribution in [3.8, 4) is 23.8 Å². The third-order valence-corrected chi connectivity index (χ3v) is 4.77. The van der Waals surface area contributed by atoms with Crippen molar-refractivity contribution in [2.45, 2.75) is 12.8 Å². The smallest absolute Gasteiger partial charge is 0.227 e. The number of amides is 1. The minimum absolute atomic E-state index is 0.0306. The lowest BCUT2D eigenvalue weighted by Crippen LogP contribution is -2.38. The van der Waals surface area contributed by atoms with Crippen LogP contribution in [0.2, 0.25) is 5.02 Å². The van der Waals surface area contributed by atoms with E-state index in [0.717, 1.165) is 31.6 Å². The summed E-state index contributed by atoms with van der Waals surface area (Å²) in [6, 6.07) is 14.6. The van der Waals surface area contributed by atoms with Crippen molar-refractivity contribution in [1.29, 1.82) is 0 Å². The molecule has 2 aromatic carbocycles. The molecule has 3 rings (SSSR count). The maximum atomic E-state index is 12.4. The Morgan fingerprint density at radius 2 is 1.88 bits per heavy atom.